The molecule has 0 saturated heterocycles. The van der Waals surface area contributed by atoms with Crippen LogP contribution < -0.4 is 0 Å². The maximum Gasteiger partial charge on any atom is 0.226 e. The first-order chi connectivity index (χ1) is 12.8. The molecule has 0 aliphatic carbocycles. The number of nitrogens with zero attached hydrogens (tertiary/aromatic N) is 5. The van der Waals surface area contributed by atoms with Crippen LogP contribution in [0.5, 0.6) is 0 Å². The SMILES string of the molecule is CCc1nc(Cn2ccnc2-c2ccc(-c3ccccc3C#N)o2)no1. The Morgan fingerprint density at radius 1 is 1.15 bits per heavy atom. The molecule has 0 amide bonds. The second-order valence-corrected chi connectivity index (χ2v) is 5.66. The summed E-state index contributed by atoms with van der Waals surface area (Å²) in [6.07, 6.45) is 4.23. The van der Waals surface area contributed by atoms with Crippen molar-refractivity contribution in [1.29, 1.82) is 5.26 Å². The summed E-state index contributed by atoms with van der Waals surface area (Å²) in [6, 6.07) is 13.2. The highest BCUT2D eigenvalue weighted by Crippen LogP contribution is 2.29. The van der Waals surface area contributed by atoms with E-state index in [1.807, 2.05) is 48.0 Å². The molecule has 3 heterocycles. The Labute approximate surface area is 149 Å². The Kier molecular flexibility index (Phi) is 4.07. The van der Waals surface area contributed by atoms with Crippen molar-refractivity contribution in [2.75, 3.05) is 0 Å². The third kappa shape index (κ3) is 2.89. The lowest BCUT2D eigenvalue weighted by molar-refractivity contribution is 0.375. The summed E-state index contributed by atoms with van der Waals surface area (Å²) in [4.78, 5) is 8.70. The van der Waals surface area contributed by atoms with E-state index in [0.717, 1.165) is 5.56 Å². The summed E-state index contributed by atoms with van der Waals surface area (Å²) in [5.41, 5.74) is 1.32. The molecule has 128 valence electrons. The van der Waals surface area contributed by atoms with Crippen LogP contribution in [0.3, 0.4) is 0 Å². The second kappa shape index (κ2) is 6.69. The highest BCUT2D eigenvalue weighted by molar-refractivity contribution is 5.68. The monoisotopic (exact) mass is 345 g/mol. The molecule has 0 spiro atoms. The summed E-state index contributed by atoms with van der Waals surface area (Å²) in [7, 11) is 0. The van der Waals surface area contributed by atoms with Gasteiger partial charge in [0.1, 0.15) is 5.76 Å². The Balaban J connectivity index is 1.65. The third-order valence-electron chi connectivity index (χ3n) is 3.98. The van der Waals surface area contributed by atoms with Crippen molar-refractivity contribution in [3.05, 3.63) is 66.1 Å². The molecule has 0 bridgehead atoms. The normalized spacial score (nSPS) is 10.8. The van der Waals surface area contributed by atoms with Crippen molar-refractivity contribution < 1.29 is 8.94 Å². The number of imidazole rings is 1. The van der Waals surface area contributed by atoms with Crippen LogP contribution in [0.2, 0.25) is 0 Å². The van der Waals surface area contributed by atoms with E-state index in [9.17, 15) is 5.26 Å². The third-order valence-corrected chi connectivity index (χ3v) is 3.98. The molecule has 0 radical (unpaired) electrons. The molecule has 4 rings (SSSR count). The summed E-state index contributed by atoms with van der Waals surface area (Å²) < 4.78 is 13.0. The quantitative estimate of drug-likeness (QED) is 0.548. The zero-order valence-electron chi connectivity index (χ0n) is 14.1. The van der Waals surface area contributed by atoms with Gasteiger partial charge in [0.05, 0.1) is 18.2 Å². The number of furan rings is 1. The lowest BCUT2D eigenvalue weighted by Gasteiger charge is -2.03. The molecule has 0 aliphatic rings. The molecule has 0 N–H and O–H groups in total. The number of hydrogen-bond acceptors (Lipinski definition) is 6. The fraction of sp³-hybridized carbons (Fsp3) is 0.158. The van der Waals surface area contributed by atoms with Crippen LogP contribution in [0.1, 0.15) is 24.2 Å². The van der Waals surface area contributed by atoms with Crippen LogP contribution >= 0.6 is 0 Å². The van der Waals surface area contributed by atoms with Crippen LogP contribution in [-0.4, -0.2) is 19.7 Å². The lowest BCUT2D eigenvalue weighted by atomic mass is 10.1. The predicted octanol–water partition coefficient (Wildman–Crippen LogP) is 3.68. The number of nitriles is 1. The van der Waals surface area contributed by atoms with E-state index in [0.29, 0.717) is 47.6 Å². The Hall–Kier alpha value is -3.66. The number of aromatic nitrogens is 4. The minimum absolute atomic E-state index is 0.434. The molecule has 0 fully saturated rings. The van der Waals surface area contributed by atoms with Crippen LogP contribution in [0, 0.1) is 11.3 Å². The molecule has 0 saturated carbocycles. The van der Waals surface area contributed by atoms with Gasteiger partial charge in [-0.25, -0.2) is 4.98 Å². The van der Waals surface area contributed by atoms with Crippen LogP contribution in [0.25, 0.3) is 22.9 Å². The van der Waals surface area contributed by atoms with Gasteiger partial charge in [-0.2, -0.15) is 10.2 Å². The lowest BCUT2D eigenvalue weighted by Crippen LogP contribution is -2.02. The largest absolute Gasteiger partial charge is 0.453 e. The van der Waals surface area contributed by atoms with Gasteiger partial charge in [0.15, 0.2) is 17.4 Å². The van der Waals surface area contributed by atoms with Crippen molar-refractivity contribution in [2.45, 2.75) is 19.9 Å². The van der Waals surface area contributed by atoms with E-state index in [1.54, 1.807) is 12.3 Å². The molecule has 0 aliphatic heterocycles. The van der Waals surface area contributed by atoms with Gasteiger partial charge in [0.25, 0.3) is 0 Å². The number of aryl methyl sites for hydroxylation is 1. The first-order valence-electron chi connectivity index (χ1n) is 8.20. The van der Waals surface area contributed by atoms with Gasteiger partial charge < -0.3 is 13.5 Å². The van der Waals surface area contributed by atoms with Gasteiger partial charge in [-0.15, -0.1) is 0 Å². The highest BCUT2D eigenvalue weighted by atomic mass is 16.5. The summed E-state index contributed by atoms with van der Waals surface area (Å²) in [5, 5.41) is 13.2. The van der Waals surface area contributed by atoms with Crippen molar-refractivity contribution in [3.8, 4) is 29.0 Å². The van der Waals surface area contributed by atoms with Crippen molar-refractivity contribution in [1.82, 2.24) is 19.7 Å². The molecule has 0 atom stereocenters. The molecule has 1 aromatic carbocycles. The minimum atomic E-state index is 0.434. The zero-order valence-corrected chi connectivity index (χ0v) is 14.1. The topological polar surface area (TPSA) is 93.7 Å². The number of benzene rings is 1. The summed E-state index contributed by atoms with van der Waals surface area (Å²) in [6.45, 7) is 2.40. The average molecular weight is 345 g/mol. The smallest absolute Gasteiger partial charge is 0.226 e. The summed E-state index contributed by atoms with van der Waals surface area (Å²) in [5.74, 6) is 3.09. The Morgan fingerprint density at radius 2 is 2.00 bits per heavy atom. The van der Waals surface area contributed by atoms with Gasteiger partial charge in [-0.3, -0.25) is 0 Å². The van der Waals surface area contributed by atoms with E-state index in [1.165, 1.54) is 0 Å². The summed E-state index contributed by atoms with van der Waals surface area (Å²) >= 11 is 0. The van der Waals surface area contributed by atoms with Crippen molar-refractivity contribution in [3.63, 3.8) is 0 Å². The van der Waals surface area contributed by atoms with Crippen LogP contribution in [-0.2, 0) is 13.0 Å². The molecule has 3 aromatic heterocycles. The van der Waals surface area contributed by atoms with E-state index in [4.69, 9.17) is 8.94 Å². The second-order valence-electron chi connectivity index (χ2n) is 5.66. The van der Waals surface area contributed by atoms with E-state index < -0.39 is 0 Å². The standard InChI is InChI=1S/C19H15N5O2/c1-2-18-22-17(23-26-18)12-24-10-9-21-19(24)16-8-7-15(25-16)14-6-4-3-5-13(14)11-20/h3-10H,2,12H2,1H3. The predicted molar refractivity (Wildman–Crippen MR) is 92.9 cm³/mol. The molecular weight excluding hydrogens is 330 g/mol. The van der Waals surface area contributed by atoms with Crippen LogP contribution in [0.4, 0.5) is 0 Å². The van der Waals surface area contributed by atoms with Gasteiger partial charge in [0.2, 0.25) is 5.89 Å². The average Bonchev–Trinajstić information content (AvgIpc) is 3.42. The molecule has 4 aromatic rings. The molecule has 7 nitrogen and oxygen atoms in total. The number of rotatable bonds is 5. The first-order valence-corrected chi connectivity index (χ1v) is 8.20. The van der Waals surface area contributed by atoms with Crippen LogP contribution in [0.15, 0.2) is 57.7 Å². The van der Waals surface area contributed by atoms with E-state index in [2.05, 4.69) is 21.2 Å². The fourth-order valence-electron chi connectivity index (χ4n) is 2.71. The molecule has 7 heteroatoms. The van der Waals surface area contributed by atoms with Crippen molar-refractivity contribution in [2.24, 2.45) is 0 Å². The molecule has 26 heavy (non-hydrogen) atoms. The first kappa shape index (κ1) is 15.8. The fourth-order valence-corrected chi connectivity index (χ4v) is 2.71. The minimum Gasteiger partial charge on any atom is -0.453 e. The molecule has 0 unspecified atom stereocenters. The zero-order chi connectivity index (χ0) is 17.9. The van der Waals surface area contributed by atoms with E-state index >= 15 is 0 Å². The van der Waals surface area contributed by atoms with Crippen molar-refractivity contribution >= 4 is 0 Å². The maximum atomic E-state index is 9.27. The van der Waals surface area contributed by atoms with Gasteiger partial charge >= 0.3 is 0 Å². The van der Waals surface area contributed by atoms with Gasteiger partial charge in [0, 0.05) is 24.4 Å². The van der Waals surface area contributed by atoms with Gasteiger partial charge in [-0.1, -0.05) is 24.2 Å². The molecular formula is C19H15N5O2. The van der Waals surface area contributed by atoms with E-state index in [-0.39, 0.29) is 0 Å². The maximum absolute atomic E-state index is 9.27. The number of hydrogen-bond donors (Lipinski definition) is 0. The highest BCUT2D eigenvalue weighted by Gasteiger charge is 2.15. The Bertz CT molecular complexity index is 1080. The Morgan fingerprint density at radius 3 is 2.81 bits per heavy atom. The van der Waals surface area contributed by atoms with Gasteiger partial charge in [-0.05, 0) is 24.3 Å².